The summed E-state index contributed by atoms with van der Waals surface area (Å²) >= 11 is 0. The number of hydrogen-bond acceptors (Lipinski definition) is 5. The van der Waals surface area contributed by atoms with Crippen molar-refractivity contribution in [1.29, 1.82) is 0 Å². The Kier molecular flexibility index (Phi) is 5.50. The third-order valence-corrected chi connectivity index (χ3v) is 5.89. The molecule has 6 nitrogen and oxygen atoms in total. The summed E-state index contributed by atoms with van der Waals surface area (Å²) in [5, 5.41) is 4.37. The zero-order valence-corrected chi connectivity index (χ0v) is 16.7. The second-order valence-corrected chi connectivity index (χ2v) is 8.60. The summed E-state index contributed by atoms with van der Waals surface area (Å²) in [5.74, 6) is -0.500. The normalized spacial score (nSPS) is 13.4. The highest BCUT2D eigenvalue weighted by Gasteiger charge is 2.32. The van der Waals surface area contributed by atoms with Gasteiger partial charge in [-0.3, -0.25) is 4.98 Å². The highest BCUT2D eigenvalue weighted by molar-refractivity contribution is 7.88. The molecule has 1 atom stereocenters. The number of para-hydroxylation sites is 1. The first-order valence-electron chi connectivity index (χ1n) is 9.13. The minimum Gasteiger partial charge on any atom is -0.356 e. The first kappa shape index (κ1) is 21.0. The molecule has 0 amide bonds. The van der Waals surface area contributed by atoms with Crippen LogP contribution in [0.2, 0.25) is 0 Å². The molecule has 0 fully saturated rings. The lowest BCUT2D eigenvalue weighted by atomic mass is 9.99. The quantitative estimate of drug-likeness (QED) is 0.472. The molecule has 0 aliphatic heterocycles. The molecule has 1 N–H and O–H groups in total. The molecule has 1 unspecified atom stereocenters. The molecule has 0 aliphatic rings. The molecule has 160 valence electrons. The Morgan fingerprint density at radius 3 is 2.52 bits per heavy atom. The highest BCUT2D eigenvalue weighted by atomic mass is 32.2. The minimum absolute atomic E-state index is 0.136. The predicted octanol–water partition coefficient (Wildman–Crippen LogP) is 4.45. The van der Waals surface area contributed by atoms with Gasteiger partial charge in [-0.25, -0.2) is 13.1 Å². The van der Waals surface area contributed by atoms with E-state index in [2.05, 4.69) is 14.9 Å². The molecule has 2 aromatic heterocycles. The molecule has 0 saturated heterocycles. The van der Waals surface area contributed by atoms with Crippen LogP contribution in [0.1, 0.15) is 28.4 Å². The van der Waals surface area contributed by atoms with Gasteiger partial charge in [-0.2, -0.15) is 13.2 Å². The van der Waals surface area contributed by atoms with Gasteiger partial charge in [-0.1, -0.05) is 35.5 Å². The number of sulfonamides is 1. The molecule has 0 saturated carbocycles. The molecule has 10 heteroatoms. The van der Waals surface area contributed by atoms with Crippen molar-refractivity contribution in [2.75, 3.05) is 0 Å². The summed E-state index contributed by atoms with van der Waals surface area (Å²) in [4.78, 5) is 3.96. The van der Waals surface area contributed by atoms with E-state index in [9.17, 15) is 21.6 Å². The lowest BCUT2D eigenvalue weighted by molar-refractivity contribution is -0.137. The van der Waals surface area contributed by atoms with Crippen molar-refractivity contribution in [1.82, 2.24) is 14.9 Å². The van der Waals surface area contributed by atoms with E-state index >= 15 is 0 Å². The van der Waals surface area contributed by atoms with Crippen molar-refractivity contribution < 1.29 is 26.1 Å². The Labute approximate surface area is 175 Å². The Morgan fingerprint density at radius 1 is 1.00 bits per heavy atom. The van der Waals surface area contributed by atoms with Crippen LogP contribution in [-0.2, 0) is 22.0 Å². The number of pyridine rings is 1. The first-order chi connectivity index (χ1) is 14.7. The van der Waals surface area contributed by atoms with E-state index in [-0.39, 0.29) is 11.3 Å². The van der Waals surface area contributed by atoms with Gasteiger partial charge in [0.25, 0.3) is 0 Å². The Morgan fingerprint density at radius 2 is 1.77 bits per heavy atom. The van der Waals surface area contributed by atoms with Crippen molar-refractivity contribution in [2.45, 2.75) is 18.0 Å². The average molecular weight is 447 g/mol. The molecule has 4 aromatic rings. The second-order valence-electron chi connectivity index (χ2n) is 6.84. The lowest BCUT2D eigenvalue weighted by Crippen LogP contribution is -2.31. The number of rotatable bonds is 6. The van der Waals surface area contributed by atoms with Crippen molar-refractivity contribution in [2.24, 2.45) is 0 Å². The molecule has 0 bridgehead atoms. The zero-order chi connectivity index (χ0) is 22.1. The largest absolute Gasteiger partial charge is 0.416 e. The van der Waals surface area contributed by atoms with E-state index in [4.69, 9.17) is 4.52 Å². The van der Waals surface area contributed by atoms with Crippen LogP contribution in [0, 0.1) is 0 Å². The maximum Gasteiger partial charge on any atom is 0.416 e. The van der Waals surface area contributed by atoms with Crippen LogP contribution in [0.5, 0.6) is 0 Å². The van der Waals surface area contributed by atoms with E-state index in [0.29, 0.717) is 16.5 Å². The average Bonchev–Trinajstić information content (AvgIpc) is 3.14. The van der Waals surface area contributed by atoms with E-state index in [1.165, 1.54) is 24.5 Å². The summed E-state index contributed by atoms with van der Waals surface area (Å²) in [6.45, 7) is 0. The van der Waals surface area contributed by atoms with Gasteiger partial charge >= 0.3 is 6.18 Å². The standard InChI is InChI=1S/C21H16F3N3O3S/c22-21(23,24)16-7-3-5-14(11-16)20(15-6-4-10-25-12-15)27-31(28,29)13-18-17-8-1-2-9-19(17)30-26-18/h1-12,20,27H,13H2. The first-order valence-corrected chi connectivity index (χ1v) is 10.8. The third kappa shape index (κ3) is 4.75. The number of hydrogen-bond donors (Lipinski definition) is 1. The monoisotopic (exact) mass is 447 g/mol. The van der Waals surface area contributed by atoms with Gasteiger partial charge in [0.15, 0.2) is 5.58 Å². The van der Waals surface area contributed by atoms with Crippen LogP contribution in [0.3, 0.4) is 0 Å². The Balaban J connectivity index is 1.70. The van der Waals surface area contributed by atoms with Gasteiger partial charge in [0.05, 0.1) is 11.6 Å². The number of nitrogens with one attached hydrogen (secondary N) is 1. The van der Waals surface area contributed by atoms with Gasteiger partial charge < -0.3 is 4.52 Å². The molecule has 0 spiro atoms. The minimum atomic E-state index is -4.56. The lowest BCUT2D eigenvalue weighted by Gasteiger charge is -2.20. The zero-order valence-electron chi connectivity index (χ0n) is 15.9. The predicted molar refractivity (Wildman–Crippen MR) is 107 cm³/mol. The van der Waals surface area contributed by atoms with Crippen molar-refractivity contribution >= 4 is 21.0 Å². The SMILES string of the molecule is O=S(=O)(Cc1noc2ccccc12)NC(c1cccnc1)c1cccc(C(F)(F)F)c1. The van der Waals surface area contributed by atoms with Gasteiger partial charge in [0.1, 0.15) is 11.4 Å². The smallest absolute Gasteiger partial charge is 0.356 e. The number of alkyl halides is 3. The number of benzene rings is 2. The maximum atomic E-state index is 13.2. The van der Waals surface area contributed by atoms with Gasteiger partial charge in [-0.05, 0) is 41.5 Å². The van der Waals surface area contributed by atoms with Crippen LogP contribution in [-0.4, -0.2) is 18.6 Å². The number of fused-ring (bicyclic) bond motifs is 1. The highest BCUT2D eigenvalue weighted by Crippen LogP contribution is 2.32. The number of aromatic nitrogens is 2. The fourth-order valence-electron chi connectivity index (χ4n) is 3.21. The molecular formula is C21H16F3N3O3S. The Hall–Kier alpha value is -3.24. The van der Waals surface area contributed by atoms with Gasteiger partial charge in [0.2, 0.25) is 10.0 Å². The summed E-state index contributed by atoms with van der Waals surface area (Å²) in [5.41, 5.74) is 0.305. The fraction of sp³-hybridized carbons (Fsp3) is 0.143. The van der Waals surface area contributed by atoms with Crippen LogP contribution >= 0.6 is 0 Å². The summed E-state index contributed by atoms with van der Waals surface area (Å²) < 4.78 is 73.1. The number of nitrogens with zero attached hydrogens (tertiary/aromatic N) is 2. The van der Waals surface area contributed by atoms with Crippen molar-refractivity contribution in [3.63, 3.8) is 0 Å². The van der Waals surface area contributed by atoms with Gasteiger partial charge in [-0.15, -0.1) is 0 Å². The third-order valence-electron chi connectivity index (χ3n) is 4.64. The summed E-state index contributed by atoms with van der Waals surface area (Å²) in [7, 11) is -4.02. The van der Waals surface area contributed by atoms with Crippen LogP contribution in [0.4, 0.5) is 13.2 Å². The Bertz CT molecular complexity index is 1310. The second kappa shape index (κ2) is 8.12. The summed E-state index contributed by atoms with van der Waals surface area (Å²) in [6, 6.07) is 13.4. The van der Waals surface area contributed by atoms with E-state index in [1.807, 2.05) is 0 Å². The van der Waals surface area contributed by atoms with E-state index in [1.54, 1.807) is 36.4 Å². The van der Waals surface area contributed by atoms with Crippen molar-refractivity contribution in [3.8, 4) is 0 Å². The van der Waals surface area contributed by atoms with Crippen molar-refractivity contribution in [3.05, 3.63) is 95.4 Å². The molecule has 0 radical (unpaired) electrons. The fourth-order valence-corrected chi connectivity index (χ4v) is 4.50. The molecule has 0 aliphatic carbocycles. The molecule has 2 aromatic carbocycles. The topological polar surface area (TPSA) is 85.1 Å². The van der Waals surface area contributed by atoms with E-state index in [0.717, 1.165) is 12.1 Å². The molecule has 4 rings (SSSR count). The van der Waals surface area contributed by atoms with Crippen LogP contribution < -0.4 is 4.72 Å². The van der Waals surface area contributed by atoms with Gasteiger partial charge in [0, 0.05) is 17.8 Å². The van der Waals surface area contributed by atoms with E-state index < -0.39 is 33.6 Å². The van der Waals surface area contributed by atoms with Crippen LogP contribution in [0.25, 0.3) is 11.0 Å². The molecule has 31 heavy (non-hydrogen) atoms. The van der Waals surface area contributed by atoms with Crippen LogP contribution in [0.15, 0.2) is 77.6 Å². The molecular weight excluding hydrogens is 431 g/mol. The maximum absolute atomic E-state index is 13.2. The summed E-state index contributed by atoms with van der Waals surface area (Å²) in [6.07, 6.45) is -1.67. The number of halogens is 3. The molecule has 2 heterocycles.